The van der Waals surface area contributed by atoms with Crippen LogP contribution in [0.5, 0.6) is 0 Å². The Morgan fingerprint density at radius 1 is 1.59 bits per heavy atom. The van der Waals surface area contributed by atoms with Gasteiger partial charge in [0.2, 0.25) is 0 Å². The topological polar surface area (TPSA) is 119 Å². The van der Waals surface area contributed by atoms with E-state index in [0.29, 0.717) is 0 Å². The van der Waals surface area contributed by atoms with Gasteiger partial charge in [-0.15, -0.1) is 11.6 Å². The highest BCUT2D eigenvalue weighted by Gasteiger charge is 2.15. The van der Waals surface area contributed by atoms with Crippen molar-refractivity contribution in [3.8, 4) is 0 Å². The number of aliphatic imine (C=N–C) groups is 1. The van der Waals surface area contributed by atoms with Crippen LogP contribution >= 0.6 is 11.6 Å². The average molecular weight is 258 g/mol. The van der Waals surface area contributed by atoms with E-state index in [1.807, 2.05) is 0 Å². The molecule has 3 N–H and O–H groups in total. The first kappa shape index (κ1) is 12.9. The number of carbonyl (C=O) groups is 1. The van der Waals surface area contributed by atoms with Gasteiger partial charge in [-0.1, -0.05) is 0 Å². The molecule has 0 aliphatic rings. The molecule has 1 rings (SSSR count). The quantitative estimate of drug-likeness (QED) is 0.279. The van der Waals surface area contributed by atoms with E-state index < -0.39 is 10.9 Å². The molecule has 1 aromatic rings. The molecule has 17 heavy (non-hydrogen) atoms. The molecule has 0 spiro atoms. The Morgan fingerprint density at radius 3 is 2.71 bits per heavy atom. The first-order chi connectivity index (χ1) is 7.95. The van der Waals surface area contributed by atoms with Crippen LogP contribution in [0.15, 0.2) is 23.2 Å². The number of alkyl halides is 1. The molecule has 1 aromatic carbocycles. The Bertz CT molecular complexity index is 501. The van der Waals surface area contributed by atoms with Crippen LogP contribution in [-0.4, -0.2) is 27.7 Å². The summed E-state index contributed by atoms with van der Waals surface area (Å²) in [5.41, 5.74) is 4.82. The van der Waals surface area contributed by atoms with Crippen LogP contribution in [0.3, 0.4) is 0 Å². The van der Waals surface area contributed by atoms with E-state index in [1.54, 1.807) is 0 Å². The van der Waals surface area contributed by atoms with E-state index >= 15 is 0 Å². The number of carboxylic acid groups (broad SMARTS) is 1. The van der Waals surface area contributed by atoms with Crippen molar-refractivity contribution in [1.82, 2.24) is 0 Å². The van der Waals surface area contributed by atoms with Crippen LogP contribution in [0, 0.1) is 10.1 Å². The minimum absolute atomic E-state index is 0.0188. The predicted molar refractivity (Wildman–Crippen MR) is 62.1 cm³/mol. The number of non-ortho nitro benzene ring substituents is 1. The van der Waals surface area contributed by atoms with Crippen molar-refractivity contribution in [3.63, 3.8) is 0 Å². The molecular weight excluding hydrogens is 250 g/mol. The average Bonchev–Trinajstić information content (AvgIpc) is 2.28. The third-order valence-electron chi connectivity index (χ3n) is 1.82. The van der Waals surface area contributed by atoms with Gasteiger partial charge in [0.1, 0.15) is 5.84 Å². The fraction of sp³-hybridized carbons (Fsp3) is 0.111. The monoisotopic (exact) mass is 257 g/mol. The summed E-state index contributed by atoms with van der Waals surface area (Å²) >= 11 is 5.40. The molecule has 0 bridgehead atoms. The molecule has 0 saturated heterocycles. The zero-order valence-electron chi connectivity index (χ0n) is 8.46. The summed E-state index contributed by atoms with van der Waals surface area (Å²) in [6, 6.07) is 3.21. The molecule has 0 atom stereocenters. The van der Waals surface area contributed by atoms with Crippen molar-refractivity contribution in [2.24, 2.45) is 10.7 Å². The van der Waals surface area contributed by atoms with Crippen LogP contribution in [0.1, 0.15) is 10.4 Å². The van der Waals surface area contributed by atoms with E-state index in [4.69, 9.17) is 22.4 Å². The van der Waals surface area contributed by atoms with Crippen LogP contribution < -0.4 is 5.73 Å². The summed E-state index contributed by atoms with van der Waals surface area (Å²) in [5.74, 6) is -1.36. The summed E-state index contributed by atoms with van der Waals surface area (Å²) in [7, 11) is 0. The Labute approximate surface area is 101 Å². The Balaban J connectivity index is 3.35. The number of aromatic carboxylic acids is 1. The maximum absolute atomic E-state index is 10.9. The molecule has 8 heteroatoms. The van der Waals surface area contributed by atoms with Gasteiger partial charge in [-0.25, -0.2) is 9.79 Å². The molecule has 0 saturated carbocycles. The lowest BCUT2D eigenvalue weighted by Crippen LogP contribution is -2.12. The smallest absolute Gasteiger partial charge is 0.337 e. The number of carboxylic acids is 1. The van der Waals surface area contributed by atoms with Crippen molar-refractivity contribution in [2.75, 3.05) is 5.88 Å². The second kappa shape index (κ2) is 5.26. The number of hydrogen-bond donors (Lipinski definition) is 2. The summed E-state index contributed by atoms with van der Waals surface area (Å²) in [6.07, 6.45) is 0. The van der Waals surface area contributed by atoms with Gasteiger partial charge in [-0.2, -0.15) is 0 Å². The standard InChI is InChI=1S/C9H8ClN3O4/c10-4-8(11)12-7-3-5(13(16)17)1-2-6(7)9(14)15/h1-3H,4H2,(H2,11,12)(H,14,15). The number of nitrogens with zero attached hydrogens (tertiary/aromatic N) is 2. The van der Waals surface area contributed by atoms with Gasteiger partial charge in [-0.05, 0) is 6.07 Å². The number of halogens is 1. The molecule has 0 aliphatic heterocycles. The minimum Gasteiger partial charge on any atom is -0.478 e. The van der Waals surface area contributed by atoms with Crippen LogP contribution in [-0.2, 0) is 0 Å². The van der Waals surface area contributed by atoms with Crippen LogP contribution in [0.4, 0.5) is 11.4 Å². The van der Waals surface area contributed by atoms with Gasteiger partial charge in [0.05, 0.1) is 22.1 Å². The van der Waals surface area contributed by atoms with Gasteiger partial charge in [-0.3, -0.25) is 10.1 Å². The van der Waals surface area contributed by atoms with Crippen LogP contribution in [0.25, 0.3) is 0 Å². The van der Waals surface area contributed by atoms with Gasteiger partial charge >= 0.3 is 5.97 Å². The van der Waals surface area contributed by atoms with E-state index in [2.05, 4.69) is 4.99 Å². The SMILES string of the molecule is NC(CCl)=Nc1cc([N+](=O)[O-])ccc1C(=O)O. The van der Waals surface area contributed by atoms with Crippen molar-refractivity contribution in [3.05, 3.63) is 33.9 Å². The summed E-state index contributed by atoms with van der Waals surface area (Å²) < 4.78 is 0. The summed E-state index contributed by atoms with van der Waals surface area (Å²) in [5, 5.41) is 19.4. The lowest BCUT2D eigenvalue weighted by molar-refractivity contribution is -0.384. The van der Waals surface area contributed by atoms with E-state index in [-0.39, 0.29) is 28.7 Å². The normalized spacial score (nSPS) is 11.2. The Hall–Kier alpha value is -2.15. The van der Waals surface area contributed by atoms with E-state index in [9.17, 15) is 14.9 Å². The van der Waals surface area contributed by atoms with Crippen molar-refractivity contribution in [1.29, 1.82) is 0 Å². The molecule has 0 fully saturated rings. The highest BCUT2D eigenvalue weighted by atomic mass is 35.5. The van der Waals surface area contributed by atoms with Crippen molar-refractivity contribution >= 4 is 34.8 Å². The molecule has 0 aromatic heterocycles. The second-order valence-electron chi connectivity index (χ2n) is 3.00. The number of hydrogen-bond acceptors (Lipinski definition) is 4. The molecule has 0 heterocycles. The zero-order chi connectivity index (χ0) is 13.0. The fourth-order valence-corrected chi connectivity index (χ4v) is 1.15. The molecule has 90 valence electrons. The highest BCUT2D eigenvalue weighted by molar-refractivity contribution is 6.28. The molecule has 0 unspecified atom stereocenters. The third-order valence-corrected chi connectivity index (χ3v) is 2.10. The number of nitrogens with two attached hydrogens (primary N) is 1. The largest absolute Gasteiger partial charge is 0.478 e. The van der Waals surface area contributed by atoms with Crippen molar-refractivity contribution < 1.29 is 14.8 Å². The third kappa shape index (κ3) is 3.15. The molecule has 0 radical (unpaired) electrons. The van der Waals surface area contributed by atoms with Gasteiger partial charge in [0, 0.05) is 12.1 Å². The maximum Gasteiger partial charge on any atom is 0.337 e. The molecular formula is C9H8ClN3O4. The first-order valence-electron chi connectivity index (χ1n) is 4.36. The number of nitro groups is 1. The molecule has 7 nitrogen and oxygen atoms in total. The fourth-order valence-electron chi connectivity index (χ4n) is 1.09. The first-order valence-corrected chi connectivity index (χ1v) is 4.90. The number of rotatable bonds is 4. The van der Waals surface area contributed by atoms with Gasteiger partial charge < -0.3 is 10.8 Å². The maximum atomic E-state index is 10.9. The van der Waals surface area contributed by atoms with E-state index in [0.717, 1.165) is 18.2 Å². The van der Waals surface area contributed by atoms with Crippen LogP contribution in [0.2, 0.25) is 0 Å². The van der Waals surface area contributed by atoms with Gasteiger partial charge in [0.15, 0.2) is 0 Å². The minimum atomic E-state index is -1.25. The number of nitro benzene ring substituents is 1. The Morgan fingerprint density at radius 2 is 2.24 bits per heavy atom. The Kier molecular flexibility index (Phi) is 4.00. The number of amidine groups is 1. The lowest BCUT2D eigenvalue weighted by Gasteiger charge is -2.02. The second-order valence-corrected chi connectivity index (χ2v) is 3.27. The van der Waals surface area contributed by atoms with Crippen molar-refractivity contribution in [2.45, 2.75) is 0 Å². The van der Waals surface area contributed by atoms with E-state index in [1.165, 1.54) is 0 Å². The van der Waals surface area contributed by atoms with Gasteiger partial charge in [0.25, 0.3) is 5.69 Å². The number of benzene rings is 1. The summed E-state index contributed by atoms with van der Waals surface area (Å²) in [6.45, 7) is 0. The molecule has 0 aliphatic carbocycles. The predicted octanol–water partition coefficient (Wildman–Crippen LogP) is 1.52. The highest BCUT2D eigenvalue weighted by Crippen LogP contribution is 2.25. The zero-order valence-corrected chi connectivity index (χ0v) is 9.22. The lowest BCUT2D eigenvalue weighted by atomic mass is 10.1. The summed E-state index contributed by atoms with van der Waals surface area (Å²) in [4.78, 5) is 24.5. The molecule has 0 amide bonds.